The first-order valence-electron chi connectivity index (χ1n) is 9.35. The fourth-order valence-electron chi connectivity index (χ4n) is 2.84. The fraction of sp³-hybridized carbons (Fsp3) is 0.174. The van der Waals surface area contributed by atoms with Crippen molar-refractivity contribution in [3.05, 3.63) is 78.4 Å². The molecule has 6 nitrogen and oxygen atoms in total. The average Bonchev–Trinajstić information content (AvgIpc) is 2.76. The third kappa shape index (κ3) is 6.17. The van der Waals surface area contributed by atoms with E-state index in [0.29, 0.717) is 12.2 Å². The zero-order valence-electron chi connectivity index (χ0n) is 15.9. The summed E-state index contributed by atoms with van der Waals surface area (Å²) >= 11 is 0. The Hall–Kier alpha value is -3.67. The van der Waals surface area contributed by atoms with E-state index in [-0.39, 0.29) is 18.7 Å². The maximum atomic E-state index is 12.1. The molecule has 2 amide bonds. The van der Waals surface area contributed by atoms with Gasteiger partial charge in [-0.1, -0.05) is 66.7 Å². The van der Waals surface area contributed by atoms with Crippen LogP contribution in [0.2, 0.25) is 0 Å². The van der Waals surface area contributed by atoms with Crippen LogP contribution in [0.3, 0.4) is 0 Å². The predicted octanol–water partition coefficient (Wildman–Crippen LogP) is 3.42. The maximum Gasteiger partial charge on any atom is 0.306 e. The molecule has 0 fully saturated rings. The summed E-state index contributed by atoms with van der Waals surface area (Å²) in [6, 6.07) is 22.8. The van der Waals surface area contributed by atoms with E-state index in [0.717, 1.165) is 16.3 Å². The van der Waals surface area contributed by atoms with E-state index < -0.39 is 18.5 Å². The van der Waals surface area contributed by atoms with E-state index in [9.17, 15) is 14.4 Å². The molecule has 6 heteroatoms. The third-order valence-corrected chi connectivity index (χ3v) is 4.32. The summed E-state index contributed by atoms with van der Waals surface area (Å²) in [6.45, 7) is 0.00977. The Morgan fingerprint density at radius 3 is 2.31 bits per heavy atom. The highest BCUT2D eigenvalue weighted by Crippen LogP contribution is 2.22. The van der Waals surface area contributed by atoms with Crippen LogP contribution in [0, 0.1) is 0 Å². The first-order valence-corrected chi connectivity index (χ1v) is 9.35. The van der Waals surface area contributed by atoms with Gasteiger partial charge in [-0.15, -0.1) is 0 Å². The number of hydrogen-bond donors (Lipinski definition) is 2. The van der Waals surface area contributed by atoms with Crippen molar-refractivity contribution in [2.45, 2.75) is 19.4 Å². The van der Waals surface area contributed by atoms with Gasteiger partial charge in [0.25, 0.3) is 5.91 Å². The van der Waals surface area contributed by atoms with Gasteiger partial charge in [0.05, 0.1) is 6.42 Å². The number of hydrogen-bond acceptors (Lipinski definition) is 4. The lowest BCUT2D eigenvalue weighted by molar-refractivity contribution is -0.148. The van der Waals surface area contributed by atoms with Gasteiger partial charge in [-0.05, 0) is 17.0 Å². The molecular weight excluding hydrogens is 368 g/mol. The smallest absolute Gasteiger partial charge is 0.306 e. The largest absolute Gasteiger partial charge is 0.456 e. The van der Waals surface area contributed by atoms with Gasteiger partial charge in [0.15, 0.2) is 6.61 Å². The van der Waals surface area contributed by atoms with E-state index in [1.165, 1.54) is 0 Å². The highest BCUT2D eigenvalue weighted by Gasteiger charge is 2.11. The Morgan fingerprint density at radius 1 is 0.759 bits per heavy atom. The second-order valence-corrected chi connectivity index (χ2v) is 6.50. The van der Waals surface area contributed by atoms with Crippen LogP contribution in [0.15, 0.2) is 72.8 Å². The average molecular weight is 390 g/mol. The molecule has 0 saturated carbocycles. The van der Waals surface area contributed by atoms with E-state index >= 15 is 0 Å². The summed E-state index contributed by atoms with van der Waals surface area (Å²) in [6.07, 6.45) is -0.0707. The zero-order valence-corrected chi connectivity index (χ0v) is 15.9. The summed E-state index contributed by atoms with van der Waals surface area (Å²) in [5.41, 5.74) is 1.64. The molecule has 0 aliphatic heterocycles. The molecule has 0 bridgehead atoms. The molecule has 0 heterocycles. The number of carbonyl (C=O) groups excluding carboxylic acids is 3. The maximum absolute atomic E-state index is 12.1. The van der Waals surface area contributed by atoms with Crippen molar-refractivity contribution >= 4 is 34.2 Å². The second-order valence-electron chi connectivity index (χ2n) is 6.50. The van der Waals surface area contributed by atoms with Crippen molar-refractivity contribution in [2.75, 3.05) is 11.9 Å². The van der Waals surface area contributed by atoms with E-state index in [1.807, 2.05) is 66.7 Å². The molecule has 3 aromatic carbocycles. The second kappa shape index (κ2) is 10.0. The van der Waals surface area contributed by atoms with Crippen LogP contribution in [-0.2, 0) is 25.7 Å². The van der Waals surface area contributed by atoms with E-state index in [4.69, 9.17) is 4.74 Å². The van der Waals surface area contributed by atoms with E-state index in [2.05, 4.69) is 10.6 Å². The van der Waals surface area contributed by atoms with Crippen molar-refractivity contribution in [2.24, 2.45) is 0 Å². The van der Waals surface area contributed by atoms with Crippen LogP contribution in [0.4, 0.5) is 5.69 Å². The Bertz CT molecular complexity index is 997. The highest BCUT2D eigenvalue weighted by atomic mass is 16.5. The number of ether oxygens (including phenoxy) is 1. The molecule has 0 radical (unpaired) electrons. The molecule has 29 heavy (non-hydrogen) atoms. The van der Waals surface area contributed by atoms with Gasteiger partial charge in [-0.2, -0.15) is 0 Å². The third-order valence-electron chi connectivity index (χ3n) is 4.32. The number of carbonyl (C=O) groups is 3. The van der Waals surface area contributed by atoms with Crippen LogP contribution in [0.25, 0.3) is 10.8 Å². The predicted molar refractivity (Wildman–Crippen MR) is 111 cm³/mol. The summed E-state index contributed by atoms with van der Waals surface area (Å²) in [5, 5.41) is 7.40. The molecule has 0 unspecified atom stereocenters. The number of nitrogens with one attached hydrogen (secondary N) is 2. The number of rotatable bonds is 8. The number of esters is 1. The SMILES string of the molecule is O=C(CCC(=O)OCC(=O)Nc1cccc2ccccc12)NCc1ccccc1. The summed E-state index contributed by atoms with van der Waals surface area (Å²) in [7, 11) is 0. The van der Waals surface area contributed by atoms with Crippen LogP contribution < -0.4 is 10.6 Å². The summed E-state index contributed by atoms with van der Waals surface area (Å²) < 4.78 is 4.97. The van der Waals surface area contributed by atoms with Crippen molar-refractivity contribution in [3.63, 3.8) is 0 Å². The zero-order chi connectivity index (χ0) is 20.5. The molecule has 0 aromatic heterocycles. The van der Waals surface area contributed by atoms with Gasteiger partial charge >= 0.3 is 5.97 Å². The van der Waals surface area contributed by atoms with Gasteiger partial charge in [-0.25, -0.2) is 0 Å². The molecular formula is C23H22N2O4. The number of fused-ring (bicyclic) bond motifs is 1. The lowest BCUT2D eigenvalue weighted by Crippen LogP contribution is -2.25. The molecule has 2 N–H and O–H groups in total. The van der Waals surface area contributed by atoms with Crippen molar-refractivity contribution in [1.82, 2.24) is 5.32 Å². The molecule has 0 atom stereocenters. The normalized spacial score (nSPS) is 10.3. The lowest BCUT2D eigenvalue weighted by Gasteiger charge is -2.09. The molecule has 3 aromatic rings. The number of benzene rings is 3. The van der Waals surface area contributed by atoms with Crippen LogP contribution in [0.1, 0.15) is 18.4 Å². The minimum Gasteiger partial charge on any atom is -0.456 e. The molecule has 0 aliphatic carbocycles. The Labute approximate surface area is 168 Å². The van der Waals surface area contributed by atoms with Crippen molar-refractivity contribution < 1.29 is 19.1 Å². The van der Waals surface area contributed by atoms with Gasteiger partial charge in [0.1, 0.15) is 0 Å². The van der Waals surface area contributed by atoms with Crippen LogP contribution in [-0.4, -0.2) is 24.4 Å². The van der Waals surface area contributed by atoms with Gasteiger partial charge < -0.3 is 15.4 Å². The minimum atomic E-state index is -0.590. The Balaban J connectivity index is 1.38. The quantitative estimate of drug-likeness (QED) is 0.577. The van der Waals surface area contributed by atoms with Crippen LogP contribution in [0.5, 0.6) is 0 Å². The molecule has 0 aliphatic rings. The summed E-state index contributed by atoms with van der Waals surface area (Å²) in [4.78, 5) is 35.7. The van der Waals surface area contributed by atoms with E-state index in [1.54, 1.807) is 6.07 Å². The van der Waals surface area contributed by atoms with Crippen molar-refractivity contribution in [3.8, 4) is 0 Å². The standard InChI is InChI=1S/C23H22N2O4/c26-21(24-15-17-7-2-1-3-8-17)13-14-23(28)29-16-22(27)25-20-12-6-10-18-9-4-5-11-19(18)20/h1-12H,13-16H2,(H,24,26)(H,25,27). The fourth-order valence-corrected chi connectivity index (χ4v) is 2.84. The topological polar surface area (TPSA) is 84.5 Å². The first-order chi connectivity index (χ1) is 14.1. The highest BCUT2D eigenvalue weighted by molar-refractivity contribution is 6.02. The van der Waals surface area contributed by atoms with Crippen molar-refractivity contribution in [1.29, 1.82) is 0 Å². The first kappa shape index (κ1) is 20.1. The van der Waals surface area contributed by atoms with Gasteiger partial charge in [0.2, 0.25) is 5.91 Å². The lowest BCUT2D eigenvalue weighted by atomic mass is 10.1. The van der Waals surface area contributed by atoms with Gasteiger partial charge in [0, 0.05) is 24.0 Å². The molecule has 148 valence electrons. The van der Waals surface area contributed by atoms with Crippen LogP contribution >= 0.6 is 0 Å². The summed E-state index contributed by atoms with van der Waals surface area (Å²) in [5.74, 6) is -1.26. The Morgan fingerprint density at radius 2 is 1.48 bits per heavy atom. The minimum absolute atomic E-state index is 0.0105. The number of amides is 2. The molecule has 0 spiro atoms. The van der Waals surface area contributed by atoms with Gasteiger partial charge in [-0.3, -0.25) is 14.4 Å². The monoisotopic (exact) mass is 390 g/mol. The number of anilines is 1. The molecule has 3 rings (SSSR count). The molecule has 0 saturated heterocycles. The Kier molecular flexibility index (Phi) is 6.95.